The molecule has 0 aliphatic carbocycles. The Morgan fingerprint density at radius 2 is 2.07 bits per heavy atom. The van der Waals surface area contributed by atoms with Crippen molar-refractivity contribution in [3.8, 4) is 0 Å². The Morgan fingerprint density at radius 3 is 2.81 bits per heavy atom. The number of amides is 1. The van der Waals surface area contributed by atoms with Gasteiger partial charge in [-0.15, -0.1) is 11.8 Å². The lowest BCUT2D eigenvalue weighted by Crippen LogP contribution is -2.61. The number of thioether (sulfide) groups is 1. The number of methoxy groups -OCH3 is 1. The van der Waals surface area contributed by atoms with Crippen molar-refractivity contribution in [1.82, 2.24) is 4.90 Å². The van der Waals surface area contributed by atoms with Crippen molar-refractivity contribution in [2.24, 2.45) is 5.92 Å². The second-order valence-electron chi connectivity index (χ2n) is 5.86. The smallest absolute Gasteiger partial charge is 0.463 e. The van der Waals surface area contributed by atoms with Crippen LogP contribution in [0, 0.1) is 5.92 Å². The zero-order chi connectivity index (χ0) is 19.6. The first-order chi connectivity index (χ1) is 13.1. The lowest BCUT2D eigenvalue weighted by molar-refractivity contribution is -0.155. The minimum atomic E-state index is -1.06. The monoisotopic (exact) mass is 403 g/mol. The summed E-state index contributed by atoms with van der Waals surface area (Å²) in [4.78, 5) is 36.8. The number of ether oxygens (including phenoxy) is 5. The minimum Gasteiger partial charge on any atom is -0.463 e. The van der Waals surface area contributed by atoms with E-state index < -0.39 is 18.7 Å². The van der Waals surface area contributed by atoms with Crippen LogP contribution in [0.15, 0.2) is 12.0 Å². The van der Waals surface area contributed by atoms with Crippen LogP contribution in [-0.2, 0) is 33.3 Å². The number of carbonyl (C=O) groups is 3. The van der Waals surface area contributed by atoms with Gasteiger partial charge in [0.2, 0.25) is 11.8 Å². The highest BCUT2D eigenvalue weighted by molar-refractivity contribution is 8.00. The van der Waals surface area contributed by atoms with E-state index in [9.17, 15) is 14.4 Å². The first-order valence-corrected chi connectivity index (χ1v) is 9.85. The van der Waals surface area contributed by atoms with Crippen LogP contribution in [0.2, 0.25) is 0 Å². The standard InChI is InChI=1S/C17H25NO8S/c1-3-6-23-7-4-8-24-14(19)11-25-17(21)26-13-5-9-27-16-12(10-22-2)15(20)18(13)16/h5,12,16H,3-4,6-11H2,1-2H3/t12?,16-/m0/s1. The molecule has 10 heteroatoms. The Balaban J connectivity index is 1.65. The minimum absolute atomic E-state index is 0.120. The maximum absolute atomic E-state index is 12.1. The van der Waals surface area contributed by atoms with E-state index in [1.54, 1.807) is 17.8 Å². The molecule has 2 aliphatic rings. The molecule has 27 heavy (non-hydrogen) atoms. The predicted molar refractivity (Wildman–Crippen MR) is 95.7 cm³/mol. The molecule has 0 aromatic carbocycles. The van der Waals surface area contributed by atoms with Crippen LogP contribution in [0.25, 0.3) is 0 Å². The first kappa shape index (κ1) is 21.5. The van der Waals surface area contributed by atoms with Gasteiger partial charge >= 0.3 is 12.1 Å². The molecule has 2 atom stereocenters. The normalized spacial score (nSPS) is 21.0. The summed E-state index contributed by atoms with van der Waals surface area (Å²) >= 11 is 1.56. The predicted octanol–water partition coefficient (Wildman–Crippen LogP) is 1.52. The van der Waals surface area contributed by atoms with Gasteiger partial charge in [0.25, 0.3) is 0 Å². The summed E-state index contributed by atoms with van der Waals surface area (Å²) in [5.41, 5.74) is 0. The van der Waals surface area contributed by atoms with Gasteiger partial charge in [-0.05, 0) is 12.5 Å². The second kappa shape index (κ2) is 11.2. The molecule has 1 unspecified atom stereocenters. The number of hydrogen-bond acceptors (Lipinski definition) is 9. The molecule has 9 nitrogen and oxygen atoms in total. The maximum atomic E-state index is 12.1. The molecule has 0 spiro atoms. The lowest BCUT2D eigenvalue weighted by atomic mass is 9.99. The summed E-state index contributed by atoms with van der Waals surface area (Å²) in [5.74, 6) is -0.368. The highest BCUT2D eigenvalue weighted by Gasteiger charge is 2.51. The molecule has 1 amide bonds. The first-order valence-electron chi connectivity index (χ1n) is 8.80. The van der Waals surface area contributed by atoms with E-state index in [2.05, 4.69) is 0 Å². The number of nitrogens with zero attached hydrogens (tertiary/aromatic N) is 1. The highest BCUT2D eigenvalue weighted by Crippen LogP contribution is 2.41. The Morgan fingerprint density at radius 1 is 1.26 bits per heavy atom. The van der Waals surface area contributed by atoms with Crippen molar-refractivity contribution in [3.05, 3.63) is 12.0 Å². The molecule has 1 fully saturated rings. The Hall–Kier alpha value is -1.78. The zero-order valence-corrected chi connectivity index (χ0v) is 16.3. The molecule has 1 saturated heterocycles. The van der Waals surface area contributed by atoms with Gasteiger partial charge in [0.05, 0.1) is 24.5 Å². The van der Waals surface area contributed by atoms with Crippen LogP contribution in [0.3, 0.4) is 0 Å². The van der Waals surface area contributed by atoms with Gasteiger partial charge in [0.1, 0.15) is 0 Å². The molecular weight excluding hydrogens is 378 g/mol. The molecule has 0 bridgehead atoms. The van der Waals surface area contributed by atoms with Crippen LogP contribution in [0.1, 0.15) is 19.8 Å². The average Bonchev–Trinajstić information content (AvgIpc) is 2.66. The molecule has 2 rings (SSSR count). The number of esters is 1. The van der Waals surface area contributed by atoms with Gasteiger partial charge in [0.15, 0.2) is 6.61 Å². The van der Waals surface area contributed by atoms with Gasteiger partial charge in [0, 0.05) is 32.5 Å². The van der Waals surface area contributed by atoms with Gasteiger partial charge in [-0.1, -0.05) is 6.92 Å². The third-order valence-corrected chi connectivity index (χ3v) is 5.04. The van der Waals surface area contributed by atoms with E-state index in [1.165, 1.54) is 12.0 Å². The van der Waals surface area contributed by atoms with E-state index in [0.29, 0.717) is 32.0 Å². The maximum Gasteiger partial charge on any atom is 0.515 e. The van der Waals surface area contributed by atoms with E-state index in [-0.39, 0.29) is 29.7 Å². The molecule has 0 radical (unpaired) electrons. The van der Waals surface area contributed by atoms with Crippen molar-refractivity contribution in [1.29, 1.82) is 0 Å². The summed E-state index contributed by atoms with van der Waals surface area (Å²) in [7, 11) is 1.53. The van der Waals surface area contributed by atoms with E-state index in [0.717, 1.165) is 6.42 Å². The second-order valence-corrected chi connectivity index (χ2v) is 7.01. The molecule has 0 aromatic rings. The number of fused-ring (bicyclic) bond motifs is 1. The fourth-order valence-electron chi connectivity index (χ4n) is 2.56. The molecule has 0 saturated carbocycles. The third kappa shape index (κ3) is 6.12. The molecule has 152 valence electrons. The molecular formula is C17H25NO8S. The molecule has 2 heterocycles. The summed E-state index contributed by atoms with van der Waals surface area (Å²) in [6.07, 6.45) is 2.07. The van der Waals surface area contributed by atoms with E-state index >= 15 is 0 Å². The Labute approximate surface area is 162 Å². The van der Waals surface area contributed by atoms with Crippen LogP contribution in [0.4, 0.5) is 4.79 Å². The van der Waals surface area contributed by atoms with Crippen molar-refractivity contribution in [2.75, 3.05) is 45.9 Å². The fraction of sp³-hybridized carbons (Fsp3) is 0.706. The highest BCUT2D eigenvalue weighted by atomic mass is 32.2. The van der Waals surface area contributed by atoms with Crippen molar-refractivity contribution in [2.45, 2.75) is 25.1 Å². The van der Waals surface area contributed by atoms with Crippen molar-refractivity contribution >= 4 is 29.8 Å². The summed E-state index contributed by atoms with van der Waals surface area (Å²) in [5, 5.41) is -0.120. The fourth-order valence-corrected chi connectivity index (χ4v) is 3.78. The quantitative estimate of drug-likeness (QED) is 0.289. The van der Waals surface area contributed by atoms with Gasteiger partial charge in [-0.3, -0.25) is 9.69 Å². The SMILES string of the molecule is CCCOCCCOC(=O)COC(=O)OC1=CCS[C@H]2C(COC)C(=O)N12. The molecule has 0 aromatic heterocycles. The Bertz CT molecular complexity index is 567. The van der Waals surface area contributed by atoms with E-state index in [4.69, 9.17) is 23.7 Å². The summed E-state index contributed by atoms with van der Waals surface area (Å²) < 4.78 is 25.0. The van der Waals surface area contributed by atoms with Gasteiger partial charge < -0.3 is 23.7 Å². The Kier molecular flexibility index (Phi) is 8.89. The number of hydrogen-bond donors (Lipinski definition) is 0. The van der Waals surface area contributed by atoms with E-state index in [1.807, 2.05) is 6.92 Å². The van der Waals surface area contributed by atoms with Gasteiger partial charge in [-0.2, -0.15) is 0 Å². The van der Waals surface area contributed by atoms with Crippen molar-refractivity contribution < 1.29 is 38.1 Å². The van der Waals surface area contributed by atoms with Gasteiger partial charge in [-0.25, -0.2) is 9.59 Å². The van der Waals surface area contributed by atoms with Crippen LogP contribution in [0.5, 0.6) is 0 Å². The number of rotatable bonds is 11. The van der Waals surface area contributed by atoms with Crippen LogP contribution >= 0.6 is 11.8 Å². The number of carbonyl (C=O) groups excluding carboxylic acids is 3. The molecule has 2 aliphatic heterocycles. The topological polar surface area (TPSA) is 101 Å². The average molecular weight is 403 g/mol. The largest absolute Gasteiger partial charge is 0.515 e. The van der Waals surface area contributed by atoms with Crippen LogP contribution in [-0.4, -0.2) is 74.2 Å². The summed E-state index contributed by atoms with van der Waals surface area (Å²) in [6.45, 7) is 3.14. The molecule has 0 N–H and O–H groups in total. The zero-order valence-electron chi connectivity index (χ0n) is 15.5. The summed E-state index contributed by atoms with van der Waals surface area (Å²) in [6, 6.07) is 0. The third-order valence-electron chi connectivity index (χ3n) is 3.80. The number of β-lactam (4-membered cyclic amide) rings is 1. The lowest BCUT2D eigenvalue weighted by Gasteiger charge is -2.47. The van der Waals surface area contributed by atoms with Crippen LogP contribution < -0.4 is 0 Å². The van der Waals surface area contributed by atoms with Crippen molar-refractivity contribution in [3.63, 3.8) is 0 Å².